The van der Waals surface area contributed by atoms with Gasteiger partial charge >= 0.3 is 23.9 Å². The van der Waals surface area contributed by atoms with E-state index in [1.807, 2.05) is 0 Å². The van der Waals surface area contributed by atoms with Gasteiger partial charge in [-0.05, 0) is 0 Å². The van der Waals surface area contributed by atoms with Crippen molar-refractivity contribution in [3.63, 3.8) is 0 Å². The molecule has 0 aromatic carbocycles. The van der Waals surface area contributed by atoms with Crippen LogP contribution in [0, 0.1) is 0 Å². The third kappa shape index (κ3) is 6.79. The van der Waals surface area contributed by atoms with Gasteiger partial charge in [0.1, 0.15) is 18.6 Å². The van der Waals surface area contributed by atoms with Gasteiger partial charge < -0.3 is 23.7 Å². The number of alkyl halides is 2. The summed E-state index contributed by atoms with van der Waals surface area (Å²) >= 11 is 8.53. The SMILES string of the molecule is CC(=O)O[C@@H]1[C@@H](OC(C)=O)[C@@H](Br)O[C@H](COC(=O)CCl)[C@H]1OC(C)=O. The zero-order chi connectivity index (χ0) is 19.1. The number of hydrogen-bond acceptors (Lipinski definition) is 9. The van der Waals surface area contributed by atoms with E-state index in [0.717, 1.165) is 13.8 Å². The maximum atomic E-state index is 11.4. The monoisotopic (exact) mass is 444 g/mol. The number of rotatable bonds is 6. The van der Waals surface area contributed by atoms with Crippen molar-refractivity contribution in [3.05, 3.63) is 0 Å². The highest BCUT2D eigenvalue weighted by Gasteiger charge is 2.51. The lowest BCUT2D eigenvalue weighted by Gasteiger charge is -2.42. The van der Waals surface area contributed by atoms with Crippen molar-refractivity contribution in [2.24, 2.45) is 0 Å². The van der Waals surface area contributed by atoms with Crippen molar-refractivity contribution in [1.29, 1.82) is 0 Å². The summed E-state index contributed by atoms with van der Waals surface area (Å²) in [5, 5.41) is -0.896. The molecule has 0 radical (unpaired) electrons. The average Bonchev–Trinajstić information content (AvgIpc) is 2.50. The van der Waals surface area contributed by atoms with Crippen LogP contribution in [0.2, 0.25) is 0 Å². The Morgan fingerprint density at radius 3 is 1.88 bits per heavy atom. The summed E-state index contributed by atoms with van der Waals surface area (Å²) in [5.74, 6) is -3.09. The molecule has 1 saturated heterocycles. The van der Waals surface area contributed by atoms with Crippen molar-refractivity contribution < 1.29 is 42.9 Å². The number of halogens is 2. The fraction of sp³-hybridized carbons (Fsp3) is 0.714. The van der Waals surface area contributed by atoms with E-state index in [4.69, 9.17) is 35.3 Å². The first-order valence-electron chi connectivity index (χ1n) is 7.18. The number of ether oxygens (including phenoxy) is 5. The molecule has 0 amide bonds. The molecule has 5 atom stereocenters. The van der Waals surface area contributed by atoms with Gasteiger partial charge in [-0.25, -0.2) is 0 Å². The van der Waals surface area contributed by atoms with Gasteiger partial charge in [-0.1, -0.05) is 15.9 Å². The van der Waals surface area contributed by atoms with E-state index in [9.17, 15) is 19.2 Å². The van der Waals surface area contributed by atoms with E-state index in [2.05, 4.69) is 15.9 Å². The van der Waals surface area contributed by atoms with E-state index in [1.165, 1.54) is 6.92 Å². The van der Waals surface area contributed by atoms with Crippen LogP contribution in [0.25, 0.3) is 0 Å². The van der Waals surface area contributed by atoms with Crippen molar-refractivity contribution in [2.45, 2.75) is 50.2 Å². The normalized spacial score (nSPS) is 28.6. The number of hydrogen-bond donors (Lipinski definition) is 0. The number of carbonyl (C=O) groups is 4. The maximum absolute atomic E-state index is 11.4. The predicted octanol–water partition coefficient (Wildman–Crippen LogP) is 0.683. The Hall–Kier alpha value is -1.39. The van der Waals surface area contributed by atoms with Crippen LogP contribution >= 0.6 is 27.5 Å². The smallest absolute Gasteiger partial charge is 0.320 e. The van der Waals surface area contributed by atoms with Crippen molar-refractivity contribution in [2.75, 3.05) is 12.5 Å². The second kappa shape index (κ2) is 9.93. The van der Waals surface area contributed by atoms with Crippen LogP contribution in [-0.4, -0.2) is 65.8 Å². The number of carbonyl (C=O) groups excluding carboxylic acids is 4. The lowest BCUT2D eigenvalue weighted by atomic mass is 9.99. The highest BCUT2D eigenvalue weighted by Crippen LogP contribution is 2.31. The van der Waals surface area contributed by atoms with Crippen LogP contribution in [-0.2, 0) is 42.9 Å². The highest BCUT2D eigenvalue weighted by molar-refractivity contribution is 9.09. The second-order valence-electron chi connectivity index (χ2n) is 5.06. The zero-order valence-electron chi connectivity index (χ0n) is 13.7. The molecule has 0 aromatic rings. The molecule has 25 heavy (non-hydrogen) atoms. The Morgan fingerprint density at radius 2 is 1.40 bits per heavy atom. The van der Waals surface area contributed by atoms with Crippen LogP contribution in [0.3, 0.4) is 0 Å². The number of esters is 4. The van der Waals surface area contributed by atoms with Crippen molar-refractivity contribution in [3.8, 4) is 0 Å². The quantitative estimate of drug-likeness (QED) is 0.331. The minimum Gasteiger partial charge on any atom is -0.462 e. The Morgan fingerprint density at radius 1 is 0.920 bits per heavy atom. The Balaban J connectivity index is 3.09. The highest BCUT2D eigenvalue weighted by atomic mass is 79.9. The summed E-state index contributed by atoms with van der Waals surface area (Å²) in [7, 11) is 0. The molecule has 0 bridgehead atoms. The molecule has 1 rings (SSSR count). The van der Waals surface area contributed by atoms with Crippen LogP contribution in [0.15, 0.2) is 0 Å². The van der Waals surface area contributed by atoms with Crippen LogP contribution in [0.5, 0.6) is 0 Å². The molecule has 11 heteroatoms. The van der Waals surface area contributed by atoms with E-state index < -0.39 is 53.3 Å². The lowest BCUT2D eigenvalue weighted by molar-refractivity contribution is -0.236. The fourth-order valence-electron chi connectivity index (χ4n) is 2.19. The van der Waals surface area contributed by atoms with Crippen molar-refractivity contribution in [1.82, 2.24) is 0 Å². The van der Waals surface area contributed by atoms with Gasteiger partial charge in [0, 0.05) is 20.8 Å². The summed E-state index contributed by atoms with van der Waals surface area (Å²) in [6.45, 7) is 3.15. The van der Waals surface area contributed by atoms with Gasteiger partial charge in [-0.15, -0.1) is 11.6 Å². The minimum atomic E-state index is -1.16. The van der Waals surface area contributed by atoms with E-state index in [1.54, 1.807) is 0 Å². The van der Waals surface area contributed by atoms with Crippen molar-refractivity contribution >= 4 is 51.4 Å². The van der Waals surface area contributed by atoms with Gasteiger partial charge in [0.25, 0.3) is 0 Å². The first-order valence-corrected chi connectivity index (χ1v) is 8.63. The molecule has 0 aliphatic carbocycles. The zero-order valence-corrected chi connectivity index (χ0v) is 16.1. The third-order valence-corrected chi connectivity index (χ3v) is 3.96. The molecule has 0 saturated carbocycles. The molecule has 9 nitrogen and oxygen atoms in total. The van der Waals surface area contributed by atoms with E-state index in [-0.39, 0.29) is 12.5 Å². The van der Waals surface area contributed by atoms with Gasteiger partial charge in [-0.2, -0.15) is 0 Å². The van der Waals surface area contributed by atoms with Gasteiger partial charge in [0.15, 0.2) is 23.3 Å². The molecule has 0 spiro atoms. The van der Waals surface area contributed by atoms with E-state index >= 15 is 0 Å². The topological polar surface area (TPSA) is 114 Å². The second-order valence-corrected chi connectivity index (χ2v) is 6.23. The summed E-state index contributed by atoms with van der Waals surface area (Å²) < 4.78 is 25.9. The van der Waals surface area contributed by atoms with E-state index in [0.29, 0.717) is 0 Å². The summed E-state index contributed by atoms with van der Waals surface area (Å²) in [5.41, 5.74) is 0. The summed E-state index contributed by atoms with van der Waals surface area (Å²) in [4.78, 5) is 45.4. The van der Waals surface area contributed by atoms with Gasteiger partial charge in [0.2, 0.25) is 0 Å². The molecule has 0 aromatic heterocycles. The molecule has 1 fully saturated rings. The molecule has 1 heterocycles. The maximum Gasteiger partial charge on any atom is 0.320 e. The molecule has 142 valence electrons. The van der Waals surface area contributed by atoms with Gasteiger partial charge in [0.05, 0.1) is 0 Å². The molecule has 0 unspecified atom stereocenters. The largest absolute Gasteiger partial charge is 0.462 e. The predicted molar refractivity (Wildman–Crippen MR) is 85.9 cm³/mol. The summed E-state index contributed by atoms with van der Waals surface area (Å²) in [6.07, 6.45) is -4.38. The van der Waals surface area contributed by atoms with Crippen LogP contribution < -0.4 is 0 Å². The fourth-order valence-corrected chi connectivity index (χ4v) is 2.95. The molecule has 0 N–H and O–H groups in total. The standard InChI is InChI=1S/C14H18BrClO9/c1-6(17)22-11-9(5-21-10(20)4-16)25-14(15)13(24-8(3)19)12(11)23-7(2)18/h9,11-14H,4-5H2,1-3H3/t9-,11-,12+,13-,14+/m1/s1. The van der Waals surface area contributed by atoms with Crippen LogP contribution in [0.4, 0.5) is 0 Å². The molecular weight excluding hydrogens is 428 g/mol. The third-order valence-electron chi connectivity index (χ3n) is 3.00. The molecular formula is C14H18BrClO9. The lowest BCUT2D eigenvalue weighted by Crippen LogP contribution is -2.61. The first kappa shape index (κ1) is 21.7. The molecule has 1 aliphatic rings. The Bertz CT molecular complexity index is 526. The van der Waals surface area contributed by atoms with Gasteiger partial charge in [-0.3, -0.25) is 19.2 Å². The molecule has 1 aliphatic heterocycles. The Labute approximate surface area is 157 Å². The summed E-state index contributed by atoms with van der Waals surface area (Å²) in [6, 6.07) is 0. The average molecular weight is 446 g/mol. The first-order chi connectivity index (χ1) is 11.6. The van der Waals surface area contributed by atoms with Crippen LogP contribution in [0.1, 0.15) is 20.8 Å². The minimum absolute atomic E-state index is 0.309. The Kier molecular flexibility index (Phi) is 8.60.